The molecule has 1 atom stereocenters. The lowest BCUT2D eigenvalue weighted by Gasteiger charge is -2.18. The number of carboxylic acid groups (broad SMARTS) is 1. The molecule has 0 unspecified atom stereocenters. The number of rotatable bonds is 4. The zero-order valence-electron chi connectivity index (χ0n) is 10.4. The fourth-order valence-electron chi connectivity index (χ4n) is 1.42. The average molecular weight is 289 g/mol. The summed E-state index contributed by atoms with van der Waals surface area (Å²) in [5.41, 5.74) is -0.186. The Labute approximate surface area is 114 Å². The molecule has 5 nitrogen and oxygen atoms in total. The van der Waals surface area contributed by atoms with Crippen LogP contribution in [0.4, 0.5) is 14.9 Å². The fraction of sp³-hybridized carbons (Fsp3) is 0.333. The van der Waals surface area contributed by atoms with E-state index in [0.29, 0.717) is 0 Å². The second kappa shape index (κ2) is 6.38. The summed E-state index contributed by atoms with van der Waals surface area (Å²) in [6.45, 7) is 3.30. The third-order valence-electron chi connectivity index (χ3n) is 2.42. The van der Waals surface area contributed by atoms with Crippen LogP contribution < -0.4 is 10.6 Å². The van der Waals surface area contributed by atoms with Crippen molar-refractivity contribution in [1.29, 1.82) is 0 Å². The molecule has 7 heteroatoms. The molecule has 0 aliphatic rings. The predicted molar refractivity (Wildman–Crippen MR) is 69.8 cm³/mol. The van der Waals surface area contributed by atoms with Gasteiger partial charge in [-0.2, -0.15) is 0 Å². The molecular formula is C12H14ClFN2O3. The number of carbonyl (C=O) groups is 2. The van der Waals surface area contributed by atoms with Crippen molar-refractivity contribution < 1.29 is 19.1 Å². The number of benzene rings is 1. The number of anilines is 1. The van der Waals surface area contributed by atoms with Crippen LogP contribution in [0, 0.1) is 11.7 Å². The van der Waals surface area contributed by atoms with Crippen molar-refractivity contribution in [3.8, 4) is 0 Å². The summed E-state index contributed by atoms with van der Waals surface area (Å²) in [6.07, 6.45) is 0. The van der Waals surface area contributed by atoms with Crippen molar-refractivity contribution in [2.45, 2.75) is 19.9 Å². The van der Waals surface area contributed by atoms with Crippen LogP contribution in [0.1, 0.15) is 13.8 Å². The number of carbonyl (C=O) groups excluding carboxylic acids is 1. The number of halogens is 2. The largest absolute Gasteiger partial charge is 0.480 e. The van der Waals surface area contributed by atoms with E-state index >= 15 is 0 Å². The molecule has 0 aromatic heterocycles. The highest BCUT2D eigenvalue weighted by molar-refractivity contribution is 6.33. The maximum Gasteiger partial charge on any atom is 0.326 e. The van der Waals surface area contributed by atoms with Crippen LogP contribution in [-0.4, -0.2) is 23.1 Å². The topological polar surface area (TPSA) is 78.4 Å². The number of aliphatic carboxylic acids is 1. The molecule has 0 saturated carbocycles. The lowest BCUT2D eigenvalue weighted by molar-refractivity contribution is -0.140. The van der Waals surface area contributed by atoms with Gasteiger partial charge in [-0.15, -0.1) is 0 Å². The highest BCUT2D eigenvalue weighted by atomic mass is 35.5. The molecule has 0 spiro atoms. The standard InChI is InChI=1S/C12H14ClFN2O3/c1-6(2)9(11(17)18)15-12(19)16-10-7(13)4-3-5-8(10)14/h3-6,9H,1-2H3,(H,17,18)(H2,15,16,19)/t9-/m1/s1. The highest BCUT2D eigenvalue weighted by Crippen LogP contribution is 2.24. The fourth-order valence-corrected chi connectivity index (χ4v) is 1.63. The first-order chi connectivity index (χ1) is 8.82. The number of hydrogen-bond acceptors (Lipinski definition) is 2. The Morgan fingerprint density at radius 3 is 2.47 bits per heavy atom. The molecule has 0 aliphatic heterocycles. The lowest BCUT2D eigenvalue weighted by atomic mass is 10.1. The van der Waals surface area contributed by atoms with E-state index in [-0.39, 0.29) is 16.6 Å². The minimum Gasteiger partial charge on any atom is -0.480 e. The molecule has 1 rings (SSSR count). The van der Waals surface area contributed by atoms with E-state index in [1.165, 1.54) is 12.1 Å². The van der Waals surface area contributed by atoms with Gasteiger partial charge in [-0.1, -0.05) is 31.5 Å². The smallest absolute Gasteiger partial charge is 0.326 e. The van der Waals surface area contributed by atoms with E-state index in [0.717, 1.165) is 6.07 Å². The van der Waals surface area contributed by atoms with Crippen molar-refractivity contribution in [1.82, 2.24) is 5.32 Å². The van der Waals surface area contributed by atoms with Crippen LogP contribution >= 0.6 is 11.6 Å². The molecule has 0 saturated heterocycles. The van der Waals surface area contributed by atoms with Crippen LogP contribution in [0.5, 0.6) is 0 Å². The molecule has 2 amide bonds. The second-order valence-corrected chi connectivity index (χ2v) is 4.66. The second-order valence-electron chi connectivity index (χ2n) is 4.26. The van der Waals surface area contributed by atoms with Gasteiger partial charge in [-0.05, 0) is 18.1 Å². The van der Waals surface area contributed by atoms with E-state index in [2.05, 4.69) is 10.6 Å². The van der Waals surface area contributed by atoms with E-state index in [1.807, 2.05) is 0 Å². The summed E-state index contributed by atoms with van der Waals surface area (Å²) < 4.78 is 13.4. The molecule has 0 heterocycles. The maximum absolute atomic E-state index is 13.4. The lowest BCUT2D eigenvalue weighted by Crippen LogP contribution is -2.46. The molecule has 1 aromatic rings. The molecule has 3 N–H and O–H groups in total. The Bertz CT molecular complexity index is 474. The minimum atomic E-state index is -1.16. The van der Waals surface area contributed by atoms with Crippen LogP contribution in [-0.2, 0) is 4.79 Å². The van der Waals surface area contributed by atoms with Crippen LogP contribution in [0.2, 0.25) is 5.02 Å². The summed E-state index contributed by atoms with van der Waals surface area (Å²) in [6, 6.07) is 2.06. The minimum absolute atomic E-state index is 0.0339. The van der Waals surface area contributed by atoms with Gasteiger partial charge in [-0.25, -0.2) is 14.0 Å². The third-order valence-corrected chi connectivity index (χ3v) is 2.74. The van der Waals surface area contributed by atoms with Gasteiger partial charge in [0.1, 0.15) is 11.9 Å². The number of hydrogen-bond donors (Lipinski definition) is 3. The summed E-state index contributed by atoms with van der Waals surface area (Å²) in [4.78, 5) is 22.5. The first-order valence-electron chi connectivity index (χ1n) is 5.57. The van der Waals surface area contributed by atoms with Crippen LogP contribution in [0.25, 0.3) is 0 Å². The summed E-state index contributed by atoms with van der Waals surface area (Å²) in [7, 11) is 0. The molecule has 1 aromatic carbocycles. The maximum atomic E-state index is 13.4. The van der Waals surface area contributed by atoms with Crippen molar-refractivity contribution in [2.75, 3.05) is 5.32 Å². The molecular weight excluding hydrogens is 275 g/mol. The van der Waals surface area contributed by atoms with E-state index in [9.17, 15) is 14.0 Å². The van der Waals surface area contributed by atoms with Gasteiger partial charge >= 0.3 is 12.0 Å². The van der Waals surface area contributed by atoms with Gasteiger partial charge in [0.15, 0.2) is 0 Å². The Morgan fingerprint density at radius 2 is 2.00 bits per heavy atom. The normalized spacial score (nSPS) is 12.1. The summed E-state index contributed by atoms with van der Waals surface area (Å²) in [5.74, 6) is -2.16. The van der Waals surface area contributed by atoms with Gasteiger partial charge in [0.2, 0.25) is 0 Å². The predicted octanol–water partition coefficient (Wildman–Crippen LogP) is 2.71. The van der Waals surface area contributed by atoms with Crippen LogP contribution in [0.3, 0.4) is 0 Å². The zero-order valence-corrected chi connectivity index (χ0v) is 11.2. The van der Waals surface area contributed by atoms with Gasteiger partial charge < -0.3 is 15.7 Å². The Balaban J connectivity index is 2.78. The summed E-state index contributed by atoms with van der Waals surface area (Å²) in [5, 5.41) is 13.4. The monoisotopic (exact) mass is 288 g/mol. The number of amides is 2. The average Bonchev–Trinajstić information content (AvgIpc) is 2.30. The van der Waals surface area contributed by atoms with E-state index < -0.39 is 23.9 Å². The number of para-hydroxylation sites is 1. The Hall–Kier alpha value is -1.82. The molecule has 0 bridgehead atoms. The van der Waals surface area contributed by atoms with Crippen molar-refractivity contribution in [3.05, 3.63) is 29.0 Å². The van der Waals surface area contributed by atoms with Crippen molar-refractivity contribution in [2.24, 2.45) is 5.92 Å². The highest BCUT2D eigenvalue weighted by Gasteiger charge is 2.24. The van der Waals surface area contributed by atoms with Gasteiger partial charge in [-0.3, -0.25) is 0 Å². The van der Waals surface area contributed by atoms with E-state index in [1.54, 1.807) is 13.8 Å². The SMILES string of the molecule is CC(C)[C@@H](NC(=O)Nc1c(F)cccc1Cl)C(=O)O. The van der Waals surface area contributed by atoms with E-state index in [4.69, 9.17) is 16.7 Å². The Morgan fingerprint density at radius 1 is 1.37 bits per heavy atom. The first-order valence-corrected chi connectivity index (χ1v) is 5.95. The summed E-state index contributed by atoms with van der Waals surface area (Å²) >= 11 is 5.74. The molecule has 104 valence electrons. The first kappa shape index (κ1) is 15.2. The van der Waals surface area contributed by atoms with Gasteiger partial charge in [0.05, 0.1) is 10.7 Å². The molecule has 19 heavy (non-hydrogen) atoms. The molecule has 0 aliphatic carbocycles. The number of carboxylic acids is 1. The zero-order chi connectivity index (χ0) is 14.6. The van der Waals surface area contributed by atoms with Gasteiger partial charge in [0.25, 0.3) is 0 Å². The third kappa shape index (κ3) is 4.10. The van der Waals surface area contributed by atoms with Crippen LogP contribution in [0.15, 0.2) is 18.2 Å². The van der Waals surface area contributed by atoms with Gasteiger partial charge in [0, 0.05) is 0 Å². The van der Waals surface area contributed by atoms with Crippen molar-refractivity contribution >= 4 is 29.3 Å². The molecule has 0 radical (unpaired) electrons. The number of nitrogens with one attached hydrogen (secondary N) is 2. The number of urea groups is 1. The Kier molecular flexibility index (Phi) is 5.11. The quantitative estimate of drug-likeness (QED) is 0.797. The van der Waals surface area contributed by atoms with Crippen molar-refractivity contribution in [3.63, 3.8) is 0 Å². The molecule has 0 fully saturated rings.